The third kappa shape index (κ3) is 3.27. The molecule has 6 rings (SSSR count). The Balaban J connectivity index is 1.26. The first kappa shape index (κ1) is 19.5. The van der Waals surface area contributed by atoms with Crippen LogP contribution >= 0.6 is 0 Å². The minimum absolute atomic E-state index is 0.0821. The van der Waals surface area contributed by atoms with E-state index in [1.165, 1.54) is 0 Å². The van der Waals surface area contributed by atoms with E-state index in [0.717, 1.165) is 65.0 Å². The van der Waals surface area contributed by atoms with Crippen LogP contribution in [0.3, 0.4) is 0 Å². The molecule has 0 spiro atoms. The van der Waals surface area contributed by atoms with E-state index in [4.69, 9.17) is 9.40 Å². The summed E-state index contributed by atoms with van der Waals surface area (Å²) in [6.45, 7) is 5.58. The molecule has 0 unspecified atom stereocenters. The highest BCUT2D eigenvalue weighted by atomic mass is 16.3. The Morgan fingerprint density at radius 2 is 1.84 bits per heavy atom. The van der Waals surface area contributed by atoms with Crippen LogP contribution in [0.2, 0.25) is 0 Å². The number of hydrogen-bond acceptors (Lipinski definition) is 5. The number of hydrogen-bond donors (Lipinski definition) is 0. The largest absolute Gasteiger partial charge is 0.440 e. The molecule has 0 N–H and O–H groups in total. The van der Waals surface area contributed by atoms with E-state index >= 15 is 0 Å². The van der Waals surface area contributed by atoms with Crippen molar-refractivity contribution in [3.63, 3.8) is 0 Å². The van der Waals surface area contributed by atoms with Crippen LogP contribution in [0.1, 0.15) is 79.4 Å². The molecule has 2 aliphatic rings. The van der Waals surface area contributed by atoms with Crippen molar-refractivity contribution in [3.8, 4) is 0 Å². The van der Waals surface area contributed by atoms with Gasteiger partial charge in [-0.1, -0.05) is 12.1 Å². The van der Waals surface area contributed by atoms with E-state index in [9.17, 15) is 4.79 Å². The molecule has 2 fully saturated rings. The molecule has 1 amide bonds. The van der Waals surface area contributed by atoms with Gasteiger partial charge in [-0.25, -0.2) is 14.6 Å². The van der Waals surface area contributed by atoms with Crippen molar-refractivity contribution in [2.45, 2.75) is 57.4 Å². The minimum Gasteiger partial charge on any atom is -0.440 e. The highest BCUT2D eigenvalue weighted by Gasteiger charge is 2.31. The van der Waals surface area contributed by atoms with E-state index in [-0.39, 0.29) is 17.9 Å². The number of benzene rings is 1. The summed E-state index contributed by atoms with van der Waals surface area (Å²) in [6.07, 6.45) is 5.81. The number of amides is 1. The van der Waals surface area contributed by atoms with Crippen molar-refractivity contribution < 1.29 is 9.21 Å². The van der Waals surface area contributed by atoms with Crippen molar-refractivity contribution in [1.82, 2.24) is 24.6 Å². The second-order valence-electron chi connectivity index (χ2n) is 9.38. The molecule has 0 bridgehead atoms. The zero-order valence-corrected chi connectivity index (χ0v) is 18.5. The number of likely N-dealkylation sites (tertiary alicyclic amines) is 1. The van der Waals surface area contributed by atoms with Gasteiger partial charge in [0.2, 0.25) is 0 Å². The summed E-state index contributed by atoms with van der Waals surface area (Å²) in [5.74, 6) is 1.60. The maximum Gasteiger partial charge on any atom is 0.254 e. The number of oxazole rings is 1. The van der Waals surface area contributed by atoms with Crippen LogP contribution in [0.4, 0.5) is 0 Å². The van der Waals surface area contributed by atoms with Gasteiger partial charge in [0.25, 0.3) is 5.91 Å². The number of rotatable bonds is 4. The third-order valence-electron chi connectivity index (χ3n) is 6.74. The van der Waals surface area contributed by atoms with Gasteiger partial charge in [0.1, 0.15) is 5.52 Å². The first-order valence-electron chi connectivity index (χ1n) is 11.6. The predicted molar refractivity (Wildman–Crippen MR) is 122 cm³/mol. The molecule has 4 heterocycles. The van der Waals surface area contributed by atoms with Gasteiger partial charge < -0.3 is 9.32 Å². The summed E-state index contributed by atoms with van der Waals surface area (Å²) in [5.41, 5.74) is 4.33. The molecule has 164 valence electrons. The molecule has 1 aliphatic heterocycles. The van der Waals surface area contributed by atoms with Crippen LogP contribution in [0, 0.1) is 0 Å². The lowest BCUT2D eigenvalue weighted by Crippen LogP contribution is -2.38. The fourth-order valence-corrected chi connectivity index (χ4v) is 4.75. The number of pyridine rings is 1. The van der Waals surface area contributed by atoms with Gasteiger partial charge in [-0.3, -0.25) is 4.79 Å². The topological polar surface area (TPSA) is 77.0 Å². The Morgan fingerprint density at radius 3 is 2.56 bits per heavy atom. The van der Waals surface area contributed by atoms with E-state index in [0.29, 0.717) is 19.0 Å². The second kappa shape index (κ2) is 7.43. The average molecular weight is 430 g/mol. The van der Waals surface area contributed by atoms with Crippen molar-refractivity contribution in [2.75, 3.05) is 13.1 Å². The minimum atomic E-state index is 0.0821. The number of carbonyl (C=O) groups is 1. The summed E-state index contributed by atoms with van der Waals surface area (Å²) in [7, 11) is 0. The van der Waals surface area contributed by atoms with Gasteiger partial charge in [-0.15, -0.1) is 0 Å². The summed E-state index contributed by atoms with van der Waals surface area (Å²) in [6, 6.07) is 10.1. The van der Waals surface area contributed by atoms with Crippen LogP contribution in [0.25, 0.3) is 22.1 Å². The molecule has 1 aromatic carbocycles. The van der Waals surface area contributed by atoms with Crippen LogP contribution in [-0.4, -0.2) is 43.6 Å². The van der Waals surface area contributed by atoms with Crippen molar-refractivity contribution >= 4 is 28.0 Å². The molecule has 0 atom stereocenters. The van der Waals surface area contributed by atoms with Crippen LogP contribution in [0.15, 0.2) is 40.9 Å². The molecule has 7 heteroatoms. The molecule has 1 saturated carbocycles. The fraction of sp³-hybridized carbons (Fsp3) is 0.440. The van der Waals surface area contributed by atoms with E-state index in [2.05, 4.69) is 23.9 Å². The molecular weight excluding hydrogens is 402 g/mol. The molecule has 0 radical (unpaired) electrons. The van der Waals surface area contributed by atoms with Gasteiger partial charge in [0.05, 0.1) is 17.1 Å². The van der Waals surface area contributed by atoms with Crippen LogP contribution < -0.4 is 0 Å². The quantitative estimate of drug-likeness (QED) is 0.454. The second-order valence-corrected chi connectivity index (χ2v) is 9.38. The number of nitrogens with zero attached hydrogens (tertiary/aromatic N) is 5. The predicted octanol–water partition coefficient (Wildman–Crippen LogP) is 5.05. The van der Waals surface area contributed by atoms with Gasteiger partial charge in [0.15, 0.2) is 17.1 Å². The highest BCUT2D eigenvalue weighted by molar-refractivity contribution is 6.05. The number of carbonyl (C=O) groups excluding carboxylic acids is 1. The number of piperidine rings is 1. The standard InChI is InChI=1S/C25H27N5O2/c1-15(2)30-23-19(14-26-30)18(13-21(27-23)16-7-8-16)25(31)29-11-9-17(10-12-29)24-28-20-5-3-4-6-22(20)32-24/h3-6,13-17H,7-12H2,1-2H3. The fourth-order valence-electron chi connectivity index (χ4n) is 4.75. The van der Waals surface area contributed by atoms with Gasteiger partial charge >= 0.3 is 0 Å². The van der Waals surface area contributed by atoms with Crippen molar-refractivity contribution in [1.29, 1.82) is 0 Å². The van der Waals surface area contributed by atoms with Gasteiger partial charge in [-0.2, -0.15) is 5.10 Å². The van der Waals surface area contributed by atoms with E-state index < -0.39 is 0 Å². The summed E-state index contributed by atoms with van der Waals surface area (Å²) >= 11 is 0. The zero-order valence-electron chi connectivity index (χ0n) is 18.5. The lowest BCUT2D eigenvalue weighted by Gasteiger charge is -2.31. The first-order chi connectivity index (χ1) is 15.6. The summed E-state index contributed by atoms with van der Waals surface area (Å²) < 4.78 is 7.91. The Morgan fingerprint density at radius 1 is 1.06 bits per heavy atom. The Bertz CT molecular complexity index is 1280. The summed E-state index contributed by atoms with van der Waals surface area (Å²) in [5, 5.41) is 5.39. The lowest BCUT2D eigenvalue weighted by molar-refractivity contribution is 0.0708. The highest BCUT2D eigenvalue weighted by Crippen LogP contribution is 2.40. The normalized spacial score (nSPS) is 17.7. The Hall–Kier alpha value is -3.22. The third-order valence-corrected chi connectivity index (χ3v) is 6.74. The molecule has 3 aromatic heterocycles. The Kier molecular flexibility index (Phi) is 4.52. The molecule has 4 aromatic rings. The van der Waals surface area contributed by atoms with Crippen LogP contribution in [-0.2, 0) is 0 Å². The molecule has 7 nitrogen and oxygen atoms in total. The maximum absolute atomic E-state index is 13.6. The number of fused-ring (bicyclic) bond motifs is 2. The maximum atomic E-state index is 13.6. The SMILES string of the molecule is CC(C)n1ncc2c(C(=O)N3CCC(c4nc5ccccc5o4)CC3)cc(C3CC3)nc21. The van der Waals surface area contributed by atoms with Crippen molar-refractivity contribution in [2.24, 2.45) is 0 Å². The van der Waals surface area contributed by atoms with E-state index in [1.54, 1.807) is 6.20 Å². The first-order valence-corrected chi connectivity index (χ1v) is 11.6. The smallest absolute Gasteiger partial charge is 0.254 e. The van der Waals surface area contributed by atoms with Gasteiger partial charge in [-0.05, 0) is 57.7 Å². The van der Waals surface area contributed by atoms with Crippen LogP contribution in [0.5, 0.6) is 0 Å². The summed E-state index contributed by atoms with van der Waals surface area (Å²) in [4.78, 5) is 25.1. The average Bonchev–Trinajstić information content (AvgIpc) is 3.42. The molecule has 32 heavy (non-hydrogen) atoms. The number of para-hydroxylation sites is 2. The Labute approximate surface area is 186 Å². The zero-order chi connectivity index (χ0) is 21.8. The van der Waals surface area contributed by atoms with Crippen molar-refractivity contribution in [3.05, 3.63) is 53.7 Å². The molecule has 1 aliphatic carbocycles. The molecule has 1 saturated heterocycles. The monoisotopic (exact) mass is 429 g/mol. The molecular formula is C25H27N5O2. The van der Waals surface area contributed by atoms with E-state index in [1.807, 2.05) is 39.9 Å². The van der Waals surface area contributed by atoms with Gasteiger partial charge in [0, 0.05) is 36.7 Å². The lowest BCUT2D eigenvalue weighted by atomic mass is 9.96. The number of aromatic nitrogens is 4.